The SMILES string of the molecule is CC(=C1C(=O)Nc2ccc(Br)cc21)c1[nH]c(C)c(C(=O)NCC(O)CN2CCOCC2)c1C. The Bertz CT molecular complexity index is 1120. The lowest BCUT2D eigenvalue weighted by atomic mass is 9.97. The molecule has 0 radical (unpaired) electrons. The number of aryl methyl sites for hydroxylation is 1. The monoisotopic (exact) mass is 516 g/mol. The van der Waals surface area contributed by atoms with E-state index < -0.39 is 6.10 Å². The van der Waals surface area contributed by atoms with Crippen molar-refractivity contribution in [3.05, 3.63) is 50.8 Å². The van der Waals surface area contributed by atoms with E-state index in [1.807, 2.05) is 39.0 Å². The maximum Gasteiger partial charge on any atom is 0.256 e. The summed E-state index contributed by atoms with van der Waals surface area (Å²) in [6.07, 6.45) is -0.660. The molecule has 4 rings (SSSR count). The smallest absolute Gasteiger partial charge is 0.256 e. The van der Waals surface area contributed by atoms with Crippen molar-refractivity contribution in [3.8, 4) is 0 Å². The predicted octanol–water partition coefficient (Wildman–Crippen LogP) is 2.70. The third kappa shape index (κ3) is 4.91. The van der Waals surface area contributed by atoms with Crippen molar-refractivity contribution in [1.29, 1.82) is 0 Å². The second-order valence-corrected chi connectivity index (χ2v) is 9.46. The lowest BCUT2D eigenvalue weighted by Gasteiger charge is -2.28. The second kappa shape index (κ2) is 9.80. The van der Waals surface area contributed by atoms with Gasteiger partial charge in [0.05, 0.1) is 30.5 Å². The molecule has 3 heterocycles. The highest BCUT2D eigenvalue weighted by Crippen LogP contribution is 2.39. The number of morpholine rings is 1. The minimum Gasteiger partial charge on any atom is -0.390 e. The van der Waals surface area contributed by atoms with Gasteiger partial charge in [-0.15, -0.1) is 0 Å². The lowest BCUT2D eigenvalue weighted by Crippen LogP contribution is -2.44. The van der Waals surface area contributed by atoms with E-state index in [0.717, 1.165) is 51.3 Å². The standard InChI is InChI=1S/C24H29BrN4O4/c1-13-20(23(31)26-11-17(30)12-29-6-8-33-9-7-29)15(3)27-22(13)14(2)21-18-10-16(25)4-5-19(18)28-24(21)32/h4-5,10,17,27,30H,6-9,11-12H2,1-3H3,(H,26,31)(H,28,32). The maximum absolute atomic E-state index is 13.0. The van der Waals surface area contributed by atoms with Crippen LogP contribution in [0.1, 0.15) is 39.8 Å². The van der Waals surface area contributed by atoms with Crippen LogP contribution in [0.2, 0.25) is 0 Å². The van der Waals surface area contributed by atoms with Crippen molar-refractivity contribution in [2.75, 3.05) is 44.7 Å². The Kier molecular flexibility index (Phi) is 7.04. The number of aliphatic hydroxyl groups is 1. The molecule has 1 fully saturated rings. The average molecular weight is 517 g/mol. The van der Waals surface area contributed by atoms with E-state index in [9.17, 15) is 14.7 Å². The van der Waals surface area contributed by atoms with Crippen LogP contribution in [0.4, 0.5) is 5.69 Å². The highest BCUT2D eigenvalue weighted by molar-refractivity contribution is 9.10. The molecule has 9 heteroatoms. The number of carbonyl (C=O) groups is 2. The van der Waals surface area contributed by atoms with Crippen LogP contribution < -0.4 is 10.6 Å². The van der Waals surface area contributed by atoms with Gasteiger partial charge < -0.3 is 25.5 Å². The van der Waals surface area contributed by atoms with Gasteiger partial charge in [0.2, 0.25) is 0 Å². The minimum atomic E-state index is -0.660. The summed E-state index contributed by atoms with van der Waals surface area (Å²) in [5.41, 5.74) is 5.74. The number of hydrogen-bond acceptors (Lipinski definition) is 5. The molecule has 2 aliphatic rings. The topological polar surface area (TPSA) is 107 Å². The second-order valence-electron chi connectivity index (χ2n) is 8.55. The van der Waals surface area contributed by atoms with Gasteiger partial charge in [-0.3, -0.25) is 14.5 Å². The van der Waals surface area contributed by atoms with Gasteiger partial charge in [-0.05, 0) is 50.1 Å². The molecule has 0 saturated carbocycles. The molecule has 2 amide bonds. The summed E-state index contributed by atoms with van der Waals surface area (Å²) < 4.78 is 6.21. The number of benzene rings is 1. The predicted molar refractivity (Wildman–Crippen MR) is 131 cm³/mol. The number of allylic oxidation sites excluding steroid dienone is 1. The van der Waals surface area contributed by atoms with Gasteiger partial charge in [0, 0.05) is 53.3 Å². The van der Waals surface area contributed by atoms with Gasteiger partial charge in [-0.25, -0.2) is 0 Å². The fourth-order valence-corrected chi connectivity index (χ4v) is 4.91. The zero-order chi connectivity index (χ0) is 23.7. The van der Waals surface area contributed by atoms with Crippen LogP contribution in [0.15, 0.2) is 22.7 Å². The summed E-state index contributed by atoms with van der Waals surface area (Å²) in [4.78, 5) is 31.1. The maximum atomic E-state index is 13.0. The Morgan fingerprint density at radius 1 is 1.30 bits per heavy atom. The fraction of sp³-hybridized carbons (Fsp3) is 0.417. The summed E-state index contributed by atoms with van der Waals surface area (Å²) in [5.74, 6) is -0.408. The molecule has 0 aliphatic carbocycles. The largest absolute Gasteiger partial charge is 0.390 e. The Hall–Kier alpha value is -2.46. The summed E-state index contributed by atoms with van der Waals surface area (Å²) in [6.45, 7) is 9.15. The van der Waals surface area contributed by atoms with Crippen LogP contribution in [0.3, 0.4) is 0 Å². The summed E-state index contributed by atoms with van der Waals surface area (Å²) in [5, 5.41) is 16.1. The van der Waals surface area contributed by atoms with Crippen LogP contribution in [0, 0.1) is 13.8 Å². The average Bonchev–Trinajstić information content (AvgIpc) is 3.26. The van der Waals surface area contributed by atoms with E-state index in [-0.39, 0.29) is 18.4 Å². The Labute approximate surface area is 201 Å². The fourth-order valence-electron chi connectivity index (χ4n) is 4.55. The molecular formula is C24H29BrN4O4. The zero-order valence-electron chi connectivity index (χ0n) is 19.0. The van der Waals surface area contributed by atoms with E-state index >= 15 is 0 Å². The third-order valence-electron chi connectivity index (χ3n) is 6.21. The van der Waals surface area contributed by atoms with E-state index in [4.69, 9.17) is 4.74 Å². The third-order valence-corrected chi connectivity index (χ3v) is 6.70. The number of aromatic amines is 1. The molecule has 1 atom stereocenters. The molecular weight excluding hydrogens is 488 g/mol. The number of H-pyrrole nitrogens is 1. The van der Waals surface area contributed by atoms with Crippen LogP contribution in [-0.4, -0.2) is 72.3 Å². The van der Waals surface area contributed by atoms with Crippen molar-refractivity contribution in [2.45, 2.75) is 26.9 Å². The van der Waals surface area contributed by atoms with E-state index in [0.29, 0.717) is 30.9 Å². The zero-order valence-corrected chi connectivity index (χ0v) is 20.6. The quantitative estimate of drug-likeness (QED) is 0.441. The van der Waals surface area contributed by atoms with Crippen molar-refractivity contribution >= 4 is 44.6 Å². The number of aliphatic hydroxyl groups excluding tert-OH is 1. The molecule has 33 heavy (non-hydrogen) atoms. The first-order chi connectivity index (χ1) is 15.8. The number of anilines is 1. The minimum absolute atomic E-state index is 0.163. The van der Waals surface area contributed by atoms with Crippen molar-refractivity contribution in [2.24, 2.45) is 0 Å². The number of hydrogen-bond donors (Lipinski definition) is 4. The molecule has 8 nitrogen and oxygen atoms in total. The van der Waals surface area contributed by atoms with E-state index in [2.05, 4.69) is 36.4 Å². The van der Waals surface area contributed by atoms with Gasteiger partial charge in [-0.1, -0.05) is 15.9 Å². The number of nitrogens with zero attached hydrogens (tertiary/aromatic N) is 1. The highest BCUT2D eigenvalue weighted by Gasteiger charge is 2.29. The van der Waals surface area contributed by atoms with Crippen molar-refractivity contribution < 1.29 is 19.4 Å². The Balaban J connectivity index is 1.52. The van der Waals surface area contributed by atoms with Gasteiger partial charge in [0.1, 0.15) is 0 Å². The summed E-state index contributed by atoms with van der Waals surface area (Å²) >= 11 is 3.47. The molecule has 0 spiro atoms. The van der Waals surface area contributed by atoms with Gasteiger partial charge in [0.15, 0.2) is 0 Å². The first-order valence-corrected chi connectivity index (χ1v) is 11.8. The number of aromatic nitrogens is 1. The van der Waals surface area contributed by atoms with Gasteiger partial charge in [0.25, 0.3) is 11.8 Å². The number of carbonyl (C=O) groups excluding carboxylic acids is 2. The Morgan fingerprint density at radius 2 is 2.03 bits per heavy atom. The molecule has 1 aromatic heterocycles. The summed E-state index contributed by atoms with van der Waals surface area (Å²) in [7, 11) is 0. The molecule has 1 unspecified atom stereocenters. The van der Waals surface area contributed by atoms with E-state index in [1.54, 1.807) is 0 Å². The van der Waals surface area contributed by atoms with Crippen molar-refractivity contribution in [3.63, 3.8) is 0 Å². The first-order valence-electron chi connectivity index (χ1n) is 11.0. The van der Waals surface area contributed by atoms with Gasteiger partial charge in [-0.2, -0.15) is 0 Å². The molecule has 1 saturated heterocycles. The van der Waals surface area contributed by atoms with Gasteiger partial charge >= 0.3 is 0 Å². The number of nitrogens with one attached hydrogen (secondary N) is 3. The first kappa shape index (κ1) is 23.7. The number of fused-ring (bicyclic) bond motifs is 1. The number of β-amino-alcohol motifs (C(OH)–C–C–N with tert-alkyl or cyclic N) is 1. The number of halogens is 1. The molecule has 176 valence electrons. The number of amides is 2. The van der Waals surface area contributed by atoms with Crippen LogP contribution in [0.5, 0.6) is 0 Å². The number of ether oxygens (including phenoxy) is 1. The molecule has 0 bridgehead atoms. The van der Waals surface area contributed by atoms with Crippen LogP contribution >= 0.6 is 15.9 Å². The number of rotatable bonds is 6. The molecule has 2 aliphatic heterocycles. The van der Waals surface area contributed by atoms with Crippen molar-refractivity contribution in [1.82, 2.24) is 15.2 Å². The Morgan fingerprint density at radius 3 is 2.76 bits per heavy atom. The van der Waals surface area contributed by atoms with Crippen LogP contribution in [-0.2, 0) is 9.53 Å². The molecule has 2 aromatic rings. The molecule has 4 N–H and O–H groups in total. The lowest BCUT2D eigenvalue weighted by molar-refractivity contribution is -0.110. The van der Waals surface area contributed by atoms with E-state index in [1.165, 1.54) is 0 Å². The molecule has 1 aromatic carbocycles. The summed E-state index contributed by atoms with van der Waals surface area (Å²) in [6, 6.07) is 5.67. The normalized spacial score (nSPS) is 18.6. The van der Waals surface area contributed by atoms with Crippen LogP contribution in [0.25, 0.3) is 11.1 Å². The highest BCUT2D eigenvalue weighted by atomic mass is 79.9.